The highest BCUT2D eigenvalue weighted by Crippen LogP contribution is 2.35. The molecule has 2 aromatic heterocycles. The lowest BCUT2D eigenvalue weighted by Gasteiger charge is -2.38. The molecule has 6 heteroatoms. The van der Waals surface area contributed by atoms with Crippen LogP contribution in [0.5, 0.6) is 0 Å². The number of hydrogen-bond donors (Lipinski definition) is 1. The van der Waals surface area contributed by atoms with E-state index in [2.05, 4.69) is 26.3 Å². The van der Waals surface area contributed by atoms with Crippen molar-refractivity contribution in [1.82, 2.24) is 20.2 Å². The van der Waals surface area contributed by atoms with Crippen molar-refractivity contribution in [1.29, 1.82) is 0 Å². The first-order valence-electron chi connectivity index (χ1n) is 9.19. The van der Waals surface area contributed by atoms with E-state index in [0.717, 1.165) is 38.9 Å². The monoisotopic (exact) mass is 352 g/mol. The van der Waals surface area contributed by atoms with E-state index in [4.69, 9.17) is 4.74 Å². The number of ether oxygens (including phenoxy) is 1. The average Bonchev–Trinajstić information content (AvgIpc) is 3.05. The van der Waals surface area contributed by atoms with Gasteiger partial charge in [0.05, 0.1) is 5.60 Å². The Hall–Kier alpha value is -2.31. The molecule has 0 bridgehead atoms. The van der Waals surface area contributed by atoms with E-state index in [9.17, 15) is 4.79 Å². The summed E-state index contributed by atoms with van der Waals surface area (Å²) in [5.41, 5.74) is 1.74. The fourth-order valence-corrected chi connectivity index (χ4v) is 4.02. The molecule has 1 amide bonds. The molecule has 26 heavy (non-hydrogen) atoms. The summed E-state index contributed by atoms with van der Waals surface area (Å²) in [5.74, 6) is -0.0281. The smallest absolute Gasteiger partial charge is 0.251 e. The Labute approximate surface area is 153 Å². The first-order chi connectivity index (χ1) is 12.7. The molecular formula is C20H24N4O2. The van der Waals surface area contributed by atoms with E-state index in [1.807, 2.05) is 12.3 Å². The maximum atomic E-state index is 12.4. The second-order valence-corrected chi connectivity index (χ2v) is 7.25. The van der Waals surface area contributed by atoms with E-state index in [1.165, 1.54) is 5.56 Å². The third-order valence-corrected chi connectivity index (χ3v) is 5.30. The molecule has 136 valence electrons. The van der Waals surface area contributed by atoms with Crippen LogP contribution in [-0.2, 0) is 11.3 Å². The van der Waals surface area contributed by atoms with Crippen molar-refractivity contribution in [3.63, 3.8) is 0 Å². The van der Waals surface area contributed by atoms with Crippen LogP contribution in [0.15, 0.2) is 49.1 Å². The fourth-order valence-electron chi connectivity index (χ4n) is 4.02. The largest absolute Gasteiger partial charge is 0.373 e. The molecule has 2 aliphatic rings. The normalized spacial score (nSPS) is 26.1. The number of carbonyl (C=O) groups excluding carboxylic acids is 1. The van der Waals surface area contributed by atoms with Crippen LogP contribution in [0.3, 0.4) is 0 Å². The molecule has 2 aliphatic heterocycles. The lowest BCUT2D eigenvalue weighted by atomic mass is 9.89. The van der Waals surface area contributed by atoms with Gasteiger partial charge in [-0.1, -0.05) is 6.07 Å². The summed E-state index contributed by atoms with van der Waals surface area (Å²) in [6, 6.07) is 7.73. The molecular weight excluding hydrogens is 328 g/mol. The molecule has 0 saturated carbocycles. The van der Waals surface area contributed by atoms with Gasteiger partial charge in [-0.15, -0.1) is 0 Å². The molecule has 2 aromatic rings. The fraction of sp³-hybridized carbons (Fsp3) is 0.450. The van der Waals surface area contributed by atoms with Gasteiger partial charge in [-0.05, 0) is 43.0 Å². The van der Waals surface area contributed by atoms with Crippen LogP contribution >= 0.6 is 0 Å². The van der Waals surface area contributed by atoms with Crippen LogP contribution in [0.4, 0.5) is 0 Å². The zero-order valence-electron chi connectivity index (χ0n) is 14.8. The van der Waals surface area contributed by atoms with E-state index in [1.54, 1.807) is 30.7 Å². The van der Waals surface area contributed by atoms with Gasteiger partial charge in [0.2, 0.25) is 0 Å². The molecule has 0 radical (unpaired) electrons. The highest BCUT2D eigenvalue weighted by Gasteiger charge is 2.43. The van der Waals surface area contributed by atoms with Crippen LogP contribution < -0.4 is 5.32 Å². The first-order valence-corrected chi connectivity index (χ1v) is 9.19. The predicted molar refractivity (Wildman–Crippen MR) is 97.5 cm³/mol. The average molecular weight is 352 g/mol. The maximum absolute atomic E-state index is 12.4. The first kappa shape index (κ1) is 17.1. The molecule has 4 rings (SSSR count). The number of likely N-dealkylation sites (tertiary alicyclic amines) is 1. The molecule has 2 fully saturated rings. The Morgan fingerprint density at radius 2 is 2.15 bits per heavy atom. The van der Waals surface area contributed by atoms with Crippen molar-refractivity contribution >= 4 is 5.91 Å². The van der Waals surface area contributed by atoms with E-state index in [-0.39, 0.29) is 17.6 Å². The van der Waals surface area contributed by atoms with Crippen molar-refractivity contribution in [2.45, 2.75) is 37.5 Å². The third-order valence-electron chi connectivity index (χ3n) is 5.30. The van der Waals surface area contributed by atoms with Gasteiger partial charge < -0.3 is 10.1 Å². The van der Waals surface area contributed by atoms with Crippen LogP contribution in [0.25, 0.3) is 0 Å². The van der Waals surface area contributed by atoms with Gasteiger partial charge in [0.25, 0.3) is 5.91 Å². The predicted octanol–water partition coefficient (Wildman–Crippen LogP) is 2.03. The number of aromatic nitrogens is 2. The number of amides is 1. The van der Waals surface area contributed by atoms with Crippen LogP contribution in [0.2, 0.25) is 0 Å². The Bertz CT molecular complexity index is 740. The molecule has 2 atom stereocenters. The number of rotatable bonds is 4. The van der Waals surface area contributed by atoms with Crippen LogP contribution in [0.1, 0.15) is 35.2 Å². The van der Waals surface area contributed by atoms with E-state index >= 15 is 0 Å². The molecule has 4 heterocycles. The van der Waals surface area contributed by atoms with Gasteiger partial charge in [0.1, 0.15) is 0 Å². The van der Waals surface area contributed by atoms with Gasteiger partial charge in [0.15, 0.2) is 0 Å². The molecule has 2 saturated heterocycles. The zero-order valence-corrected chi connectivity index (χ0v) is 14.8. The molecule has 0 unspecified atom stereocenters. The second kappa shape index (κ2) is 7.51. The van der Waals surface area contributed by atoms with Crippen molar-refractivity contribution < 1.29 is 9.53 Å². The SMILES string of the molecule is O=C(N[C@H]1CCO[C@]2(CCN(Cc3cccnc3)C2)C1)c1ccncc1. The molecule has 1 spiro atoms. The summed E-state index contributed by atoms with van der Waals surface area (Å²) in [4.78, 5) is 23.0. The van der Waals surface area contributed by atoms with Gasteiger partial charge in [-0.3, -0.25) is 19.7 Å². The summed E-state index contributed by atoms with van der Waals surface area (Å²) in [5, 5.41) is 3.18. The van der Waals surface area contributed by atoms with Crippen molar-refractivity contribution in [2.24, 2.45) is 0 Å². The Balaban J connectivity index is 1.35. The highest BCUT2D eigenvalue weighted by atomic mass is 16.5. The number of hydrogen-bond acceptors (Lipinski definition) is 5. The quantitative estimate of drug-likeness (QED) is 0.912. The molecule has 6 nitrogen and oxygen atoms in total. The summed E-state index contributed by atoms with van der Waals surface area (Å²) in [6.45, 7) is 3.51. The maximum Gasteiger partial charge on any atom is 0.251 e. The minimum Gasteiger partial charge on any atom is -0.373 e. The molecule has 1 N–H and O–H groups in total. The lowest BCUT2D eigenvalue weighted by molar-refractivity contribution is -0.0793. The second-order valence-electron chi connectivity index (χ2n) is 7.25. The minimum atomic E-state index is -0.142. The van der Waals surface area contributed by atoms with Gasteiger partial charge in [-0.25, -0.2) is 0 Å². The summed E-state index contributed by atoms with van der Waals surface area (Å²) in [6.07, 6.45) is 9.75. The lowest BCUT2D eigenvalue weighted by Crippen LogP contribution is -2.49. The van der Waals surface area contributed by atoms with Crippen molar-refractivity contribution in [3.05, 3.63) is 60.2 Å². The number of pyridine rings is 2. The minimum absolute atomic E-state index is 0.0281. The van der Waals surface area contributed by atoms with Gasteiger partial charge in [0, 0.05) is 62.6 Å². The number of nitrogens with one attached hydrogen (secondary N) is 1. The van der Waals surface area contributed by atoms with Crippen molar-refractivity contribution in [3.8, 4) is 0 Å². The molecule has 0 aromatic carbocycles. The molecule has 0 aliphatic carbocycles. The number of nitrogens with zero attached hydrogens (tertiary/aromatic N) is 3. The topological polar surface area (TPSA) is 67.3 Å². The zero-order chi connectivity index (χ0) is 17.8. The Morgan fingerprint density at radius 1 is 1.27 bits per heavy atom. The highest BCUT2D eigenvalue weighted by molar-refractivity contribution is 5.94. The standard InChI is InChI=1S/C20H24N4O2/c25-19(17-3-8-21-9-4-17)23-18-5-11-26-20(12-18)6-10-24(15-20)14-16-2-1-7-22-13-16/h1-4,7-9,13,18H,5-6,10-12,14-15H2,(H,23,25)/t18-,20+/m0/s1. The van der Waals surface area contributed by atoms with Gasteiger partial charge >= 0.3 is 0 Å². The summed E-state index contributed by atoms with van der Waals surface area (Å²) in [7, 11) is 0. The number of carbonyl (C=O) groups is 1. The summed E-state index contributed by atoms with van der Waals surface area (Å²) < 4.78 is 6.19. The third kappa shape index (κ3) is 3.92. The Kier molecular flexibility index (Phi) is 4.95. The van der Waals surface area contributed by atoms with Crippen LogP contribution in [-0.4, -0.2) is 52.1 Å². The van der Waals surface area contributed by atoms with E-state index in [0.29, 0.717) is 12.2 Å². The summed E-state index contributed by atoms with van der Waals surface area (Å²) >= 11 is 0. The van der Waals surface area contributed by atoms with E-state index < -0.39 is 0 Å². The van der Waals surface area contributed by atoms with Crippen LogP contribution in [0, 0.1) is 0 Å². The van der Waals surface area contributed by atoms with Crippen molar-refractivity contribution in [2.75, 3.05) is 19.7 Å². The Morgan fingerprint density at radius 3 is 2.96 bits per heavy atom. The van der Waals surface area contributed by atoms with Gasteiger partial charge in [-0.2, -0.15) is 0 Å².